The summed E-state index contributed by atoms with van der Waals surface area (Å²) in [5.74, 6) is -1.17. The van der Waals surface area contributed by atoms with Crippen molar-refractivity contribution in [2.75, 3.05) is 18.1 Å². The highest BCUT2D eigenvalue weighted by molar-refractivity contribution is 6.00. The van der Waals surface area contributed by atoms with Gasteiger partial charge in [-0.05, 0) is 36.8 Å². The molecule has 0 unspecified atom stereocenters. The first kappa shape index (κ1) is 16.6. The first-order valence-corrected chi connectivity index (χ1v) is 7.85. The molecule has 2 aromatic rings. The fourth-order valence-corrected chi connectivity index (χ4v) is 2.62. The van der Waals surface area contributed by atoms with Gasteiger partial charge in [0.2, 0.25) is 5.91 Å². The number of carbonyl (C=O) groups is 3. The van der Waals surface area contributed by atoms with Crippen LogP contribution in [0.1, 0.15) is 33.7 Å². The number of Topliss-reactive ketones (excluding diaryl/α,β-unsaturated/α-hetero) is 1. The molecule has 1 fully saturated rings. The van der Waals surface area contributed by atoms with E-state index in [1.54, 1.807) is 29.2 Å². The number of amides is 1. The average molecular weight is 340 g/mol. The second-order valence-electron chi connectivity index (χ2n) is 5.61. The van der Waals surface area contributed by atoms with Crippen molar-refractivity contribution in [3.05, 3.63) is 65.1 Å². The number of hydrogen-bond donors (Lipinski definition) is 0. The maximum absolute atomic E-state index is 12.1. The topological polar surface area (TPSA) is 90.6 Å². The van der Waals surface area contributed by atoms with Gasteiger partial charge in [-0.1, -0.05) is 0 Å². The Bertz CT molecular complexity index is 816. The zero-order chi connectivity index (χ0) is 17.8. The Balaban J connectivity index is 1.61. The van der Waals surface area contributed by atoms with E-state index >= 15 is 0 Å². The van der Waals surface area contributed by atoms with E-state index < -0.39 is 12.6 Å². The van der Waals surface area contributed by atoms with Crippen molar-refractivity contribution in [3.8, 4) is 0 Å². The Labute approximate surface area is 144 Å². The highest BCUT2D eigenvalue weighted by atomic mass is 16.5. The lowest BCUT2D eigenvalue weighted by molar-refractivity contribution is -0.608. The molecule has 0 spiro atoms. The predicted octanol–water partition coefficient (Wildman–Crippen LogP) is 1.49. The van der Waals surface area contributed by atoms with E-state index in [0.717, 1.165) is 12.1 Å². The maximum Gasteiger partial charge on any atom is 0.405 e. The zero-order valence-corrected chi connectivity index (χ0v) is 13.4. The van der Waals surface area contributed by atoms with Gasteiger partial charge in [0.1, 0.15) is 0 Å². The SMILES string of the molecule is O=C(COC(=O)c1cccc[n+]1[O-])c1ccc(N2CCCC2=O)cc1. The number of anilines is 1. The molecule has 1 aromatic heterocycles. The summed E-state index contributed by atoms with van der Waals surface area (Å²) in [6, 6.07) is 10.9. The highest BCUT2D eigenvalue weighted by Gasteiger charge is 2.22. The standard InChI is InChI=1S/C18H16N2O5/c21-16(12-25-18(23)15-4-1-2-11-20(15)24)13-6-8-14(9-7-13)19-10-3-5-17(19)22/h1-2,4,6-9,11H,3,5,10,12H2. The number of ketones is 1. The number of nitrogens with zero attached hydrogens (tertiary/aromatic N) is 2. The van der Waals surface area contributed by atoms with Crippen LogP contribution in [0.2, 0.25) is 0 Å². The molecule has 0 N–H and O–H groups in total. The van der Waals surface area contributed by atoms with Crippen LogP contribution in [-0.4, -0.2) is 30.8 Å². The molecule has 0 atom stereocenters. The summed E-state index contributed by atoms with van der Waals surface area (Å²) < 4.78 is 5.28. The minimum Gasteiger partial charge on any atom is -0.618 e. The lowest BCUT2D eigenvalue weighted by atomic mass is 10.1. The molecule has 25 heavy (non-hydrogen) atoms. The Hall–Kier alpha value is -3.22. The summed E-state index contributed by atoms with van der Waals surface area (Å²) in [6.45, 7) is 0.214. The van der Waals surface area contributed by atoms with Crippen molar-refractivity contribution in [1.29, 1.82) is 0 Å². The summed E-state index contributed by atoms with van der Waals surface area (Å²) in [7, 11) is 0. The van der Waals surface area contributed by atoms with Gasteiger partial charge in [0.15, 0.2) is 18.6 Å². The van der Waals surface area contributed by atoms with E-state index in [4.69, 9.17) is 4.74 Å². The lowest BCUT2D eigenvalue weighted by Gasteiger charge is -2.15. The minimum atomic E-state index is -0.858. The molecule has 128 valence electrons. The molecule has 1 aliphatic rings. The molecule has 1 amide bonds. The first-order chi connectivity index (χ1) is 12.1. The van der Waals surface area contributed by atoms with Crippen molar-refractivity contribution < 1.29 is 23.9 Å². The van der Waals surface area contributed by atoms with Crippen LogP contribution >= 0.6 is 0 Å². The van der Waals surface area contributed by atoms with Crippen LogP contribution < -0.4 is 9.63 Å². The van der Waals surface area contributed by atoms with Crippen molar-refractivity contribution >= 4 is 23.3 Å². The fourth-order valence-electron chi connectivity index (χ4n) is 2.62. The molecule has 1 aliphatic heterocycles. The molecule has 1 saturated heterocycles. The Morgan fingerprint density at radius 1 is 1.16 bits per heavy atom. The molecule has 0 aliphatic carbocycles. The predicted molar refractivity (Wildman–Crippen MR) is 88.0 cm³/mol. The summed E-state index contributed by atoms with van der Waals surface area (Å²) in [5.41, 5.74) is 0.928. The second-order valence-corrected chi connectivity index (χ2v) is 5.61. The van der Waals surface area contributed by atoms with Crippen molar-refractivity contribution in [3.63, 3.8) is 0 Å². The van der Waals surface area contributed by atoms with E-state index in [-0.39, 0.29) is 17.4 Å². The van der Waals surface area contributed by atoms with Gasteiger partial charge >= 0.3 is 11.7 Å². The number of ether oxygens (including phenoxy) is 1. The summed E-state index contributed by atoms with van der Waals surface area (Å²) >= 11 is 0. The number of esters is 1. The van der Waals surface area contributed by atoms with Crippen molar-refractivity contribution in [2.45, 2.75) is 12.8 Å². The van der Waals surface area contributed by atoms with Gasteiger partial charge in [0.05, 0.1) is 0 Å². The third-order valence-electron chi connectivity index (χ3n) is 3.94. The molecule has 1 aromatic carbocycles. The van der Waals surface area contributed by atoms with Gasteiger partial charge in [0, 0.05) is 36.3 Å². The van der Waals surface area contributed by atoms with E-state index in [0.29, 0.717) is 23.3 Å². The van der Waals surface area contributed by atoms with Crippen LogP contribution in [0.25, 0.3) is 0 Å². The molecule has 0 bridgehead atoms. The zero-order valence-electron chi connectivity index (χ0n) is 13.4. The first-order valence-electron chi connectivity index (χ1n) is 7.85. The van der Waals surface area contributed by atoms with Gasteiger partial charge in [-0.3, -0.25) is 9.59 Å². The van der Waals surface area contributed by atoms with Crippen LogP contribution in [0.15, 0.2) is 48.7 Å². The van der Waals surface area contributed by atoms with Gasteiger partial charge < -0.3 is 14.8 Å². The summed E-state index contributed by atoms with van der Waals surface area (Å²) in [6.07, 6.45) is 2.54. The van der Waals surface area contributed by atoms with Crippen LogP contribution in [0.3, 0.4) is 0 Å². The van der Waals surface area contributed by atoms with E-state index in [1.165, 1.54) is 24.4 Å². The van der Waals surface area contributed by atoms with Crippen LogP contribution in [0.5, 0.6) is 0 Å². The van der Waals surface area contributed by atoms with Crippen LogP contribution in [0.4, 0.5) is 5.69 Å². The number of rotatable bonds is 5. The normalized spacial score (nSPS) is 13.8. The molecule has 7 heteroatoms. The largest absolute Gasteiger partial charge is 0.618 e. The fraction of sp³-hybridized carbons (Fsp3) is 0.222. The smallest absolute Gasteiger partial charge is 0.405 e. The number of hydrogen-bond acceptors (Lipinski definition) is 5. The quantitative estimate of drug-likeness (QED) is 0.356. The third kappa shape index (κ3) is 3.65. The monoisotopic (exact) mass is 340 g/mol. The van der Waals surface area contributed by atoms with Gasteiger partial charge in [0.25, 0.3) is 0 Å². The van der Waals surface area contributed by atoms with Crippen molar-refractivity contribution in [2.24, 2.45) is 0 Å². The number of carbonyl (C=O) groups excluding carboxylic acids is 3. The molecular formula is C18H16N2O5. The molecule has 0 saturated carbocycles. The Morgan fingerprint density at radius 2 is 1.92 bits per heavy atom. The van der Waals surface area contributed by atoms with Crippen molar-refractivity contribution in [1.82, 2.24) is 0 Å². The van der Waals surface area contributed by atoms with Crippen LogP contribution in [-0.2, 0) is 9.53 Å². The van der Waals surface area contributed by atoms with Gasteiger partial charge in [-0.2, -0.15) is 4.73 Å². The van der Waals surface area contributed by atoms with Gasteiger partial charge in [-0.25, -0.2) is 4.79 Å². The Kier molecular flexibility index (Phi) is 4.74. The lowest BCUT2D eigenvalue weighted by Crippen LogP contribution is -2.35. The average Bonchev–Trinajstić information content (AvgIpc) is 3.06. The van der Waals surface area contributed by atoms with E-state index in [1.807, 2.05) is 0 Å². The maximum atomic E-state index is 12.1. The van der Waals surface area contributed by atoms with E-state index in [9.17, 15) is 19.6 Å². The number of pyridine rings is 1. The molecule has 7 nitrogen and oxygen atoms in total. The van der Waals surface area contributed by atoms with Gasteiger partial charge in [-0.15, -0.1) is 0 Å². The number of benzene rings is 1. The number of aromatic nitrogens is 1. The molecular weight excluding hydrogens is 324 g/mol. The highest BCUT2D eigenvalue weighted by Crippen LogP contribution is 2.21. The second kappa shape index (κ2) is 7.12. The molecule has 0 radical (unpaired) electrons. The summed E-state index contributed by atoms with van der Waals surface area (Å²) in [4.78, 5) is 37.3. The van der Waals surface area contributed by atoms with Crippen LogP contribution in [0, 0.1) is 5.21 Å². The third-order valence-corrected chi connectivity index (χ3v) is 3.94. The minimum absolute atomic E-state index is 0.0711. The van der Waals surface area contributed by atoms with E-state index in [2.05, 4.69) is 0 Å². The molecule has 3 rings (SSSR count). The summed E-state index contributed by atoms with van der Waals surface area (Å²) in [5, 5.41) is 11.5. The molecule has 2 heterocycles. The Morgan fingerprint density at radius 3 is 2.56 bits per heavy atom.